The van der Waals surface area contributed by atoms with Gasteiger partial charge in [0.1, 0.15) is 0 Å². The van der Waals surface area contributed by atoms with Gasteiger partial charge in [0.05, 0.1) is 12.7 Å². The van der Waals surface area contributed by atoms with Crippen LogP contribution in [0.4, 0.5) is 0 Å². The first-order chi connectivity index (χ1) is 8.72. The average Bonchev–Trinajstić information content (AvgIpc) is 2.43. The molecule has 0 aliphatic rings. The van der Waals surface area contributed by atoms with Crippen LogP contribution in [0.2, 0.25) is 0 Å². The van der Waals surface area contributed by atoms with Crippen LogP contribution in [0.1, 0.15) is 22.3 Å². The molecule has 1 rings (SSSR count). The van der Waals surface area contributed by atoms with Crippen LogP contribution < -0.4 is 0 Å². The summed E-state index contributed by atoms with van der Waals surface area (Å²) in [5, 5.41) is 0. The highest BCUT2D eigenvalue weighted by Gasteiger charge is 2.08. The molecular weight excluding hydrogens is 232 g/mol. The summed E-state index contributed by atoms with van der Waals surface area (Å²) in [5.74, 6) is -0.342. The maximum Gasteiger partial charge on any atom is 0.338 e. The lowest BCUT2D eigenvalue weighted by Crippen LogP contribution is -2.11. The second-order valence-electron chi connectivity index (χ2n) is 3.62. The number of ether oxygens (including phenoxy) is 3. The Balaban J connectivity index is 2.78. The van der Waals surface area contributed by atoms with Crippen LogP contribution in [0, 0.1) is 0 Å². The molecule has 4 heteroatoms. The number of carbonyl (C=O) groups is 1. The number of benzene rings is 1. The molecule has 4 nitrogen and oxygen atoms in total. The van der Waals surface area contributed by atoms with Gasteiger partial charge in [-0.25, -0.2) is 4.79 Å². The summed E-state index contributed by atoms with van der Waals surface area (Å²) in [6.07, 6.45) is 4.10. The normalized spacial score (nSPS) is 11.1. The Bertz CT molecular complexity index is 408. The maximum atomic E-state index is 11.5. The van der Waals surface area contributed by atoms with Crippen molar-refractivity contribution in [3.8, 4) is 0 Å². The molecule has 0 amide bonds. The van der Waals surface area contributed by atoms with E-state index in [1.807, 2.05) is 24.3 Å². The molecule has 0 aromatic heterocycles. The van der Waals surface area contributed by atoms with Crippen molar-refractivity contribution in [1.29, 1.82) is 0 Å². The number of hydrogen-bond acceptors (Lipinski definition) is 4. The molecule has 0 spiro atoms. The molecular formula is C14H18O4. The van der Waals surface area contributed by atoms with E-state index in [0.29, 0.717) is 12.0 Å². The Morgan fingerprint density at radius 1 is 1.22 bits per heavy atom. The third-order valence-electron chi connectivity index (χ3n) is 2.52. The quantitative estimate of drug-likeness (QED) is 0.575. The van der Waals surface area contributed by atoms with Gasteiger partial charge >= 0.3 is 5.97 Å². The number of rotatable bonds is 6. The van der Waals surface area contributed by atoms with Crippen molar-refractivity contribution in [2.45, 2.75) is 12.7 Å². The maximum absolute atomic E-state index is 11.5. The van der Waals surface area contributed by atoms with Crippen LogP contribution in [-0.2, 0) is 14.2 Å². The number of methoxy groups -OCH3 is 3. The van der Waals surface area contributed by atoms with Crippen LogP contribution in [0.3, 0.4) is 0 Å². The molecule has 0 heterocycles. The highest BCUT2D eigenvalue weighted by atomic mass is 16.7. The van der Waals surface area contributed by atoms with Gasteiger partial charge in [-0.05, 0) is 11.6 Å². The Morgan fingerprint density at radius 2 is 1.89 bits per heavy atom. The van der Waals surface area contributed by atoms with Gasteiger partial charge in [0.2, 0.25) is 0 Å². The summed E-state index contributed by atoms with van der Waals surface area (Å²) in [5.41, 5.74) is 1.36. The van der Waals surface area contributed by atoms with E-state index >= 15 is 0 Å². The number of esters is 1. The zero-order valence-electron chi connectivity index (χ0n) is 10.9. The third-order valence-corrected chi connectivity index (χ3v) is 2.52. The molecule has 0 aliphatic carbocycles. The lowest BCUT2D eigenvalue weighted by atomic mass is 10.1. The van der Waals surface area contributed by atoms with Crippen molar-refractivity contribution < 1.29 is 19.0 Å². The fraction of sp³-hybridized carbons (Fsp3) is 0.357. The van der Waals surface area contributed by atoms with Gasteiger partial charge in [0, 0.05) is 20.6 Å². The van der Waals surface area contributed by atoms with Gasteiger partial charge in [-0.2, -0.15) is 0 Å². The van der Waals surface area contributed by atoms with Crippen LogP contribution in [-0.4, -0.2) is 33.6 Å². The van der Waals surface area contributed by atoms with Crippen LogP contribution in [0.5, 0.6) is 0 Å². The summed E-state index contributed by atoms with van der Waals surface area (Å²) in [6.45, 7) is 0. The predicted molar refractivity (Wildman–Crippen MR) is 69.2 cm³/mol. The Morgan fingerprint density at radius 3 is 2.50 bits per heavy atom. The fourth-order valence-corrected chi connectivity index (χ4v) is 1.53. The highest BCUT2D eigenvalue weighted by molar-refractivity contribution is 5.93. The molecule has 0 saturated carbocycles. The molecule has 0 aliphatic heterocycles. The molecule has 0 atom stereocenters. The van der Waals surface area contributed by atoms with Gasteiger partial charge < -0.3 is 14.2 Å². The van der Waals surface area contributed by atoms with Gasteiger partial charge in [-0.15, -0.1) is 0 Å². The van der Waals surface area contributed by atoms with Crippen molar-refractivity contribution in [2.75, 3.05) is 21.3 Å². The van der Waals surface area contributed by atoms with Crippen molar-refractivity contribution in [2.24, 2.45) is 0 Å². The van der Waals surface area contributed by atoms with Crippen molar-refractivity contribution in [3.05, 3.63) is 41.5 Å². The van der Waals surface area contributed by atoms with E-state index in [0.717, 1.165) is 5.56 Å². The summed E-state index contributed by atoms with van der Waals surface area (Å²) >= 11 is 0. The van der Waals surface area contributed by atoms with E-state index in [1.165, 1.54) is 7.11 Å². The highest BCUT2D eigenvalue weighted by Crippen LogP contribution is 2.13. The summed E-state index contributed by atoms with van der Waals surface area (Å²) in [7, 11) is 4.55. The Kier molecular flexibility index (Phi) is 6.11. The molecule has 0 radical (unpaired) electrons. The van der Waals surface area contributed by atoms with E-state index in [-0.39, 0.29) is 12.3 Å². The Labute approximate surface area is 107 Å². The lowest BCUT2D eigenvalue weighted by Gasteiger charge is -2.10. The largest absolute Gasteiger partial charge is 0.465 e. The molecule has 1 aromatic carbocycles. The van der Waals surface area contributed by atoms with Crippen molar-refractivity contribution in [3.63, 3.8) is 0 Å². The molecule has 0 unspecified atom stereocenters. The van der Waals surface area contributed by atoms with Crippen LogP contribution in [0.15, 0.2) is 30.3 Å². The first-order valence-electron chi connectivity index (χ1n) is 5.62. The summed E-state index contributed by atoms with van der Waals surface area (Å²) in [4.78, 5) is 11.5. The second kappa shape index (κ2) is 7.63. The summed E-state index contributed by atoms with van der Waals surface area (Å²) < 4.78 is 14.9. The van der Waals surface area contributed by atoms with E-state index in [4.69, 9.17) is 14.2 Å². The molecule has 0 saturated heterocycles. The molecule has 0 fully saturated rings. The minimum Gasteiger partial charge on any atom is -0.465 e. The topological polar surface area (TPSA) is 44.8 Å². The molecule has 1 aromatic rings. The molecule has 0 bridgehead atoms. The minimum atomic E-state index is -0.342. The van der Waals surface area contributed by atoms with E-state index in [2.05, 4.69) is 0 Å². The molecule has 18 heavy (non-hydrogen) atoms. The van der Waals surface area contributed by atoms with Gasteiger partial charge in [-0.3, -0.25) is 0 Å². The summed E-state index contributed by atoms with van der Waals surface area (Å²) in [6, 6.07) is 7.26. The fourth-order valence-electron chi connectivity index (χ4n) is 1.53. The van der Waals surface area contributed by atoms with E-state index in [1.54, 1.807) is 26.4 Å². The standard InChI is InChI=1S/C14H18O4/c1-16-13(17-2)10-6-8-11-7-4-5-9-12(11)14(15)18-3/h4-9,13H,10H2,1-3H3/b8-6+. The molecule has 98 valence electrons. The molecule has 0 N–H and O–H groups in total. The van der Waals surface area contributed by atoms with Gasteiger partial charge in [-0.1, -0.05) is 30.4 Å². The SMILES string of the molecule is COC(=O)c1ccccc1/C=C/CC(OC)OC. The third kappa shape index (κ3) is 3.98. The van der Waals surface area contributed by atoms with Gasteiger partial charge in [0.15, 0.2) is 6.29 Å². The van der Waals surface area contributed by atoms with Crippen molar-refractivity contribution >= 4 is 12.0 Å². The monoisotopic (exact) mass is 250 g/mol. The second-order valence-corrected chi connectivity index (χ2v) is 3.62. The van der Waals surface area contributed by atoms with E-state index < -0.39 is 0 Å². The first kappa shape index (κ1) is 14.4. The zero-order chi connectivity index (χ0) is 13.4. The number of hydrogen-bond donors (Lipinski definition) is 0. The Hall–Kier alpha value is -1.65. The zero-order valence-corrected chi connectivity index (χ0v) is 10.9. The van der Waals surface area contributed by atoms with E-state index in [9.17, 15) is 4.79 Å². The lowest BCUT2D eigenvalue weighted by molar-refractivity contribution is -0.0985. The first-order valence-corrected chi connectivity index (χ1v) is 5.62. The van der Waals surface area contributed by atoms with Crippen LogP contribution >= 0.6 is 0 Å². The van der Waals surface area contributed by atoms with Crippen LogP contribution in [0.25, 0.3) is 6.08 Å². The minimum absolute atomic E-state index is 0.272. The van der Waals surface area contributed by atoms with Crippen molar-refractivity contribution in [1.82, 2.24) is 0 Å². The number of carbonyl (C=O) groups excluding carboxylic acids is 1. The predicted octanol–water partition coefficient (Wildman–Crippen LogP) is 2.50. The van der Waals surface area contributed by atoms with Gasteiger partial charge in [0.25, 0.3) is 0 Å². The average molecular weight is 250 g/mol. The smallest absolute Gasteiger partial charge is 0.338 e.